The fourth-order valence-electron chi connectivity index (χ4n) is 2.16. The molecule has 0 aliphatic heterocycles. The number of hydrogen-bond acceptors (Lipinski definition) is 3. The molecule has 4 heteroatoms. The van der Waals surface area contributed by atoms with Crippen LogP contribution in [0.15, 0.2) is 61.1 Å². The van der Waals surface area contributed by atoms with Gasteiger partial charge in [-0.05, 0) is 42.3 Å². The zero-order chi connectivity index (χ0) is 14.5. The lowest BCUT2D eigenvalue weighted by molar-refractivity contribution is 0.687. The Morgan fingerprint density at radius 3 is 2.86 bits per heavy atom. The minimum Gasteiger partial charge on any atom is -0.379 e. The molecule has 0 aliphatic rings. The Labute approximate surface area is 124 Å². The summed E-state index contributed by atoms with van der Waals surface area (Å²) < 4.78 is 1.92. The molecular weight excluding hydrogens is 260 g/mol. The van der Waals surface area contributed by atoms with Gasteiger partial charge >= 0.3 is 0 Å². The van der Waals surface area contributed by atoms with Crippen LogP contribution in [0.25, 0.3) is 0 Å². The monoisotopic (exact) mass is 278 g/mol. The summed E-state index contributed by atoms with van der Waals surface area (Å²) in [6, 6.07) is 14.5. The Hall–Kier alpha value is -2.62. The van der Waals surface area contributed by atoms with Crippen LogP contribution in [0.5, 0.6) is 0 Å². The van der Waals surface area contributed by atoms with Gasteiger partial charge in [0.2, 0.25) is 0 Å². The highest BCUT2D eigenvalue weighted by atomic mass is 15.3. The van der Waals surface area contributed by atoms with Crippen LogP contribution in [0.3, 0.4) is 0 Å². The fourth-order valence-corrected chi connectivity index (χ4v) is 2.16. The molecule has 0 unspecified atom stereocenters. The van der Waals surface area contributed by atoms with Crippen molar-refractivity contribution in [2.75, 3.05) is 5.32 Å². The van der Waals surface area contributed by atoms with E-state index in [4.69, 9.17) is 0 Å². The minimum atomic E-state index is 0.728. The molecule has 1 N–H and O–H groups in total. The standard InChI is InChI=1S/C17H18N4/c1-14-6-7-17(18-11-14)12-19-16-5-2-4-15(10-16)13-21-9-3-8-20-21/h2-11,19H,12-13H2,1H3. The van der Waals surface area contributed by atoms with Crippen molar-refractivity contribution in [2.45, 2.75) is 20.0 Å². The van der Waals surface area contributed by atoms with Crippen LogP contribution in [0, 0.1) is 6.92 Å². The molecule has 0 fully saturated rings. The van der Waals surface area contributed by atoms with E-state index in [-0.39, 0.29) is 0 Å². The van der Waals surface area contributed by atoms with Gasteiger partial charge in [-0.1, -0.05) is 18.2 Å². The van der Waals surface area contributed by atoms with E-state index in [1.807, 2.05) is 30.1 Å². The first kappa shape index (κ1) is 13.4. The number of rotatable bonds is 5. The molecular formula is C17H18N4. The van der Waals surface area contributed by atoms with Gasteiger partial charge in [-0.3, -0.25) is 9.67 Å². The summed E-state index contributed by atoms with van der Waals surface area (Å²) in [6.07, 6.45) is 5.66. The summed E-state index contributed by atoms with van der Waals surface area (Å²) >= 11 is 0. The first-order chi connectivity index (χ1) is 10.3. The molecule has 0 bridgehead atoms. The van der Waals surface area contributed by atoms with E-state index in [2.05, 4.69) is 51.8 Å². The normalized spacial score (nSPS) is 10.5. The predicted octanol–water partition coefficient (Wildman–Crippen LogP) is 3.25. The quantitative estimate of drug-likeness (QED) is 0.779. The Balaban J connectivity index is 1.64. The van der Waals surface area contributed by atoms with Crippen molar-refractivity contribution in [1.29, 1.82) is 0 Å². The maximum atomic E-state index is 4.40. The van der Waals surface area contributed by atoms with Crippen LogP contribution in [0.4, 0.5) is 5.69 Å². The van der Waals surface area contributed by atoms with Gasteiger partial charge in [0, 0.05) is 24.3 Å². The van der Waals surface area contributed by atoms with E-state index in [1.54, 1.807) is 6.20 Å². The summed E-state index contributed by atoms with van der Waals surface area (Å²) in [5.74, 6) is 0. The molecule has 3 rings (SSSR count). The lowest BCUT2D eigenvalue weighted by Crippen LogP contribution is -2.03. The van der Waals surface area contributed by atoms with E-state index < -0.39 is 0 Å². The fraction of sp³-hybridized carbons (Fsp3) is 0.176. The SMILES string of the molecule is Cc1ccc(CNc2cccc(Cn3cccn3)c2)nc1. The second kappa shape index (κ2) is 6.22. The van der Waals surface area contributed by atoms with E-state index in [0.29, 0.717) is 0 Å². The third-order valence-corrected chi connectivity index (χ3v) is 3.28. The Bertz CT molecular complexity index is 687. The molecule has 0 amide bonds. The van der Waals surface area contributed by atoms with Gasteiger partial charge in [-0.15, -0.1) is 0 Å². The molecule has 2 aromatic heterocycles. The Morgan fingerprint density at radius 2 is 2.10 bits per heavy atom. The molecule has 3 aromatic rings. The molecule has 0 saturated heterocycles. The second-order valence-electron chi connectivity index (χ2n) is 5.08. The van der Waals surface area contributed by atoms with E-state index in [0.717, 1.165) is 24.5 Å². The zero-order valence-electron chi connectivity index (χ0n) is 12.0. The predicted molar refractivity (Wildman–Crippen MR) is 84.1 cm³/mol. The first-order valence-corrected chi connectivity index (χ1v) is 7.01. The van der Waals surface area contributed by atoms with Crippen LogP contribution < -0.4 is 5.32 Å². The third-order valence-electron chi connectivity index (χ3n) is 3.28. The summed E-state index contributed by atoms with van der Waals surface area (Å²) in [5, 5.41) is 7.64. The Morgan fingerprint density at radius 1 is 1.14 bits per heavy atom. The van der Waals surface area contributed by atoms with Crippen LogP contribution in [-0.4, -0.2) is 14.8 Å². The van der Waals surface area contributed by atoms with Crippen molar-refractivity contribution >= 4 is 5.69 Å². The number of anilines is 1. The van der Waals surface area contributed by atoms with Gasteiger partial charge in [0.05, 0.1) is 18.8 Å². The molecule has 106 valence electrons. The van der Waals surface area contributed by atoms with Gasteiger partial charge in [-0.2, -0.15) is 5.10 Å². The molecule has 21 heavy (non-hydrogen) atoms. The van der Waals surface area contributed by atoms with E-state index in [9.17, 15) is 0 Å². The highest BCUT2D eigenvalue weighted by Crippen LogP contribution is 2.13. The first-order valence-electron chi connectivity index (χ1n) is 7.01. The smallest absolute Gasteiger partial charge is 0.0660 e. The van der Waals surface area contributed by atoms with Crippen LogP contribution >= 0.6 is 0 Å². The molecule has 2 heterocycles. The average molecular weight is 278 g/mol. The van der Waals surface area contributed by atoms with Gasteiger partial charge in [0.1, 0.15) is 0 Å². The lowest BCUT2D eigenvalue weighted by Gasteiger charge is -2.08. The molecule has 0 radical (unpaired) electrons. The maximum absolute atomic E-state index is 4.40. The van der Waals surface area contributed by atoms with Gasteiger partial charge in [0.15, 0.2) is 0 Å². The summed E-state index contributed by atoms with van der Waals surface area (Å²) in [7, 11) is 0. The molecule has 0 spiro atoms. The van der Waals surface area contributed by atoms with Crippen molar-refractivity contribution in [3.05, 3.63) is 77.9 Å². The topological polar surface area (TPSA) is 42.7 Å². The van der Waals surface area contributed by atoms with Crippen molar-refractivity contribution < 1.29 is 0 Å². The zero-order valence-corrected chi connectivity index (χ0v) is 12.0. The van der Waals surface area contributed by atoms with E-state index in [1.165, 1.54) is 11.1 Å². The molecule has 1 aromatic carbocycles. The summed E-state index contributed by atoms with van der Waals surface area (Å²) in [4.78, 5) is 4.40. The number of nitrogens with zero attached hydrogens (tertiary/aromatic N) is 3. The Kier molecular flexibility index (Phi) is 3.96. The molecule has 0 atom stereocenters. The van der Waals surface area contributed by atoms with Crippen LogP contribution in [-0.2, 0) is 13.1 Å². The maximum Gasteiger partial charge on any atom is 0.0660 e. The van der Waals surface area contributed by atoms with E-state index >= 15 is 0 Å². The number of aromatic nitrogens is 3. The summed E-state index contributed by atoms with van der Waals surface area (Å²) in [6.45, 7) is 3.56. The highest BCUT2D eigenvalue weighted by molar-refractivity contribution is 5.46. The number of hydrogen-bond donors (Lipinski definition) is 1. The number of nitrogens with one attached hydrogen (secondary N) is 1. The third kappa shape index (κ3) is 3.69. The van der Waals surface area contributed by atoms with Crippen LogP contribution in [0.1, 0.15) is 16.8 Å². The lowest BCUT2D eigenvalue weighted by atomic mass is 10.2. The van der Waals surface area contributed by atoms with Crippen molar-refractivity contribution in [2.24, 2.45) is 0 Å². The number of aryl methyl sites for hydroxylation is 1. The highest BCUT2D eigenvalue weighted by Gasteiger charge is 1.99. The molecule has 0 aliphatic carbocycles. The largest absolute Gasteiger partial charge is 0.379 e. The van der Waals surface area contributed by atoms with Gasteiger partial charge in [-0.25, -0.2) is 0 Å². The second-order valence-corrected chi connectivity index (χ2v) is 5.08. The van der Waals surface area contributed by atoms with Gasteiger partial charge < -0.3 is 5.32 Å². The van der Waals surface area contributed by atoms with Crippen molar-refractivity contribution in [3.63, 3.8) is 0 Å². The molecule has 0 saturated carbocycles. The van der Waals surface area contributed by atoms with Crippen LogP contribution in [0.2, 0.25) is 0 Å². The number of pyridine rings is 1. The van der Waals surface area contributed by atoms with Gasteiger partial charge in [0.25, 0.3) is 0 Å². The molecule has 4 nitrogen and oxygen atoms in total. The minimum absolute atomic E-state index is 0.728. The number of benzene rings is 1. The van der Waals surface area contributed by atoms with Crippen molar-refractivity contribution in [3.8, 4) is 0 Å². The average Bonchev–Trinajstić information content (AvgIpc) is 3.00. The van der Waals surface area contributed by atoms with Crippen molar-refractivity contribution in [1.82, 2.24) is 14.8 Å². The summed E-state index contributed by atoms with van der Waals surface area (Å²) in [5.41, 5.74) is 4.54.